The van der Waals surface area contributed by atoms with Crippen molar-refractivity contribution in [1.82, 2.24) is 19.7 Å². The van der Waals surface area contributed by atoms with Crippen molar-refractivity contribution in [2.45, 2.75) is 76.7 Å². The second-order valence-corrected chi connectivity index (χ2v) is 6.98. The monoisotopic (exact) mass is 360 g/mol. The summed E-state index contributed by atoms with van der Waals surface area (Å²) in [4.78, 5) is 24.5. The van der Waals surface area contributed by atoms with Crippen molar-refractivity contribution in [3.05, 3.63) is 16.3 Å². The number of alkyl halides is 3. The van der Waals surface area contributed by atoms with Crippen LogP contribution in [0.2, 0.25) is 0 Å². The van der Waals surface area contributed by atoms with Gasteiger partial charge in [0, 0.05) is 19.0 Å². The van der Waals surface area contributed by atoms with Gasteiger partial charge in [0.15, 0.2) is 0 Å². The van der Waals surface area contributed by atoms with Gasteiger partial charge in [-0.1, -0.05) is 6.42 Å². The SMILES string of the molecule is O=C(Cn1nc2n(c1=O)CCCCC2)NC1CCC(C(F)(F)F)CC1. The molecule has 2 heterocycles. The molecule has 0 atom stereocenters. The van der Waals surface area contributed by atoms with E-state index in [9.17, 15) is 22.8 Å². The van der Waals surface area contributed by atoms with E-state index in [1.165, 1.54) is 0 Å². The van der Waals surface area contributed by atoms with Crippen LogP contribution >= 0.6 is 0 Å². The summed E-state index contributed by atoms with van der Waals surface area (Å²) in [6.45, 7) is 0.440. The first-order valence-electron chi connectivity index (χ1n) is 8.87. The van der Waals surface area contributed by atoms with Crippen LogP contribution < -0.4 is 11.0 Å². The Morgan fingerprint density at radius 1 is 1.16 bits per heavy atom. The summed E-state index contributed by atoms with van der Waals surface area (Å²) in [5, 5.41) is 6.99. The van der Waals surface area contributed by atoms with Crippen LogP contribution in [0.5, 0.6) is 0 Å². The summed E-state index contributed by atoms with van der Waals surface area (Å²) >= 11 is 0. The highest BCUT2D eigenvalue weighted by molar-refractivity contribution is 5.75. The lowest BCUT2D eigenvalue weighted by atomic mass is 9.85. The molecule has 0 radical (unpaired) electrons. The van der Waals surface area contributed by atoms with Crippen molar-refractivity contribution in [1.29, 1.82) is 0 Å². The molecule has 2 aliphatic rings. The summed E-state index contributed by atoms with van der Waals surface area (Å²) in [7, 11) is 0. The summed E-state index contributed by atoms with van der Waals surface area (Å²) in [5.74, 6) is -0.932. The Morgan fingerprint density at radius 3 is 2.56 bits per heavy atom. The molecule has 1 aliphatic heterocycles. The number of hydrogen-bond donors (Lipinski definition) is 1. The number of carbonyl (C=O) groups is 1. The Balaban J connectivity index is 1.55. The molecule has 1 N–H and O–H groups in total. The predicted molar refractivity (Wildman–Crippen MR) is 84.0 cm³/mol. The highest BCUT2D eigenvalue weighted by Gasteiger charge is 2.41. The predicted octanol–water partition coefficient (Wildman–Crippen LogP) is 2.01. The molecular formula is C16H23F3N4O2. The highest BCUT2D eigenvalue weighted by atomic mass is 19.4. The van der Waals surface area contributed by atoms with Crippen molar-refractivity contribution in [3.63, 3.8) is 0 Å². The zero-order valence-electron chi connectivity index (χ0n) is 14.0. The molecule has 0 spiro atoms. The molecule has 1 aromatic heterocycles. The number of carbonyl (C=O) groups excluding carboxylic acids is 1. The Hall–Kier alpha value is -1.80. The minimum Gasteiger partial charge on any atom is -0.352 e. The lowest BCUT2D eigenvalue weighted by Gasteiger charge is -2.30. The van der Waals surface area contributed by atoms with Crippen molar-refractivity contribution in [3.8, 4) is 0 Å². The lowest BCUT2D eigenvalue weighted by Crippen LogP contribution is -2.42. The summed E-state index contributed by atoms with van der Waals surface area (Å²) in [6.07, 6.45) is 0.222. The third-order valence-corrected chi connectivity index (χ3v) is 5.13. The number of halogens is 3. The molecule has 1 saturated carbocycles. The number of aryl methyl sites for hydroxylation is 1. The number of amides is 1. The van der Waals surface area contributed by atoms with E-state index in [0.717, 1.165) is 30.4 Å². The average molecular weight is 360 g/mol. The van der Waals surface area contributed by atoms with Crippen molar-refractivity contribution in [2.75, 3.05) is 0 Å². The van der Waals surface area contributed by atoms with Crippen LogP contribution in [0.25, 0.3) is 0 Å². The van der Waals surface area contributed by atoms with Gasteiger partial charge in [-0.25, -0.2) is 9.48 Å². The number of hydrogen-bond acceptors (Lipinski definition) is 3. The minimum absolute atomic E-state index is 0.0349. The lowest BCUT2D eigenvalue weighted by molar-refractivity contribution is -0.182. The number of nitrogens with one attached hydrogen (secondary N) is 1. The Labute approximate surface area is 143 Å². The second kappa shape index (κ2) is 7.21. The number of fused-ring (bicyclic) bond motifs is 1. The molecule has 140 valence electrons. The maximum atomic E-state index is 12.7. The van der Waals surface area contributed by atoms with Gasteiger partial charge in [-0.2, -0.15) is 18.3 Å². The third kappa shape index (κ3) is 4.24. The van der Waals surface area contributed by atoms with Gasteiger partial charge in [0.1, 0.15) is 12.4 Å². The van der Waals surface area contributed by atoms with Gasteiger partial charge < -0.3 is 5.32 Å². The number of aromatic nitrogens is 3. The minimum atomic E-state index is -4.16. The van der Waals surface area contributed by atoms with E-state index >= 15 is 0 Å². The highest BCUT2D eigenvalue weighted by Crippen LogP contribution is 2.37. The standard InChI is InChI=1S/C16H23F3N4O2/c17-16(18,19)11-5-7-12(8-6-11)20-14(24)10-23-15(25)22-9-3-1-2-4-13(22)21-23/h11-12H,1-10H2,(H,20,24). The van der Waals surface area contributed by atoms with E-state index in [1.54, 1.807) is 4.57 Å². The van der Waals surface area contributed by atoms with Crippen LogP contribution in [0.1, 0.15) is 50.8 Å². The fourth-order valence-corrected chi connectivity index (χ4v) is 3.70. The molecule has 0 unspecified atom stereocenters. The second-order valence-electron chi connectivity index (χ2n) is 6.98. The Kier molecular flexibility index (Phi) is 5.19. The van der Waals surface area contributed by atoms with E-state index in [0.29, 0.717) is 25.2 Å². The van der Waals surface area contributed by atoms with E-state index in [4.69, 9.17) is 0 Å². The molecule has 0 bridgehead atoms. The molecule has 0 saturated heterocycles. The molecular weight excluding hydrogens is 337 g/mol. The van der Waals surface area contributed by atoms with Gasteiger partial charge in [0.2, 0.25) is 5.91 Å². The summed E-state index contributed by atoms with van der Waals surface area (Å²) in [6, 6.07) is -0.262. The van der Waals surface area contributed by atoms with E-state index in [-0.39, 0.29) is 37.0 Å². The molecule has 6 nitrogen and oxygen atoms in total. The first-order chi connectivity index (χ1) is 11.8. The van der Waals surface area contributed by atoms with Crippen LogP contribution in [0, 0.1) is 5.92 Å². The normalized spacial score (nSPS) is 24.4. The zero-order valence-corrected chi connectivity index (χ0v) is 14.0. The molecule has 1 fully saturated rings. The number of nitrogens with zero attached hydrogens (tertiary/aromatic N) is 3. The van der Waals surface area contributed by atoms with Crippen LogP contribution in [-0.4, -0.2) is 32.5 Å². The van der Waals surface area contributed by atoms with Gasteiger partial charge in [0.05, 0.1) is 5.92 Å². The first-order valence-corrected chi connectivity index (χ1v) is 8.87. The van der Waals surface area contributed by atoms with Crippen molar-refractivity contribution < 1.29 is 18.0 Å². The molecule has 1 aromatic rings. The van der Waals surface area contributed by atoms with Gasteiger partial charge >= 0.3 is 11.9 Å². The van der Waals surface area contributed by atoms with Gasteiger partial charge in [-0.15, -0.1) is 0 Å². The third-order valence-electron chi connectivity index (χ3n) is 5.13. The fourth-order valence-electron chi connectivity index (χ4n) is 3.70. The summed E-state index contributed by atoms with van der Waals surface area (Å²) in [5.41, 5.74) is -0.284. The topological polar surface area (TPSA) is 68.9 Å². The zero-order chi connectivity index (χ0) is 18.0. The quantitative estimate of drug-likeness (QED) is 0.897. The van der Waals surface area contributed by atoms with Crippen LogP contribution in [0.15, 0.2) is 4.79 Å². The smallest absolute Gasteiger partial charge is 0.352 e. The van der Waals surface area contributed by atoms with E-state index in [1.807, 2.05) is 0 Å². The molecule has 0 aromatic carbocycles. The van der Waals surface area contributed by atoms with Gasteiger partial charge in [0.25, 0.3) is 0 Å². The van der Waals surface area contributed by atoms with Crippen molar-refractivity contribution in [2.24, 2.45) is 5.92 Å². The molecule has 9 heteroatoms. The van der Waals surface area contributed by atoms with Gasteiger partial charge in [-0.05, 0) is 38.5 Å². The first kappa shape index (κ1) is 18.0. The Bertz CT molecular complexity index is 672. The van der Waals surface area contributed by atoms with Gasteiger partial charge in [-0.3, -0.25) is 9.36 Å². The Morgan fingerprint density at radius 2 is 1.88 bits per heavy atom. The maximum Gasteiger partial charge on any atom is 0.391 e. The van der Waals surface area contributed by atoms with Crippen LogP contribution in [-0.2, 0) is 24.3 Å². The van der Waals surface area contributed by atoms with E-state index < -0.39 is 12.1 Å². The van der Waals surface area contributed by atoms with Crippen LogP contribution in [0.4, 0.5) is 13.2 Å². The fraction of sp³-hybridized carbons (Fsp3) is 0.812. The average Bonchev–Trinajstić information content (AvgIpc) is 2.73. The maximum absolute atomic E-state index is 12.7. The van der Waals surface area contributed by atoms with Crippen molar-refractivity contribution >= 4 is 5.91 Å². The van der Waals surface area contributed by atoms with Crippen LogP contribution in [0.3, 0.4) is 0 Å². The number of rotatable bonds is 3. The summed E-state index contributed by atoms with van der Waals surface area (Å²) < 4.78 is 40.8. The largest absolute Gasteiger partial charge is 0.391 e. The molecule has 25 heavy (non-hydrogen) atoms. The molecule has 3 rings (SSSR count). The molecule has 1 amide bonds. The van der Waals surface area contributed by atoms with E-state index in [2.05, 4.69) is 10.4 Å². The molecule has 1 aliphatic carbocycles.